The molecule has 0 aromatic heterocycles. The molecule has 1 N–H and O–H groups in total. The first-order valence-corrected chi connectivity index (χ1v) is 9.97. The van der Waals surface area contributed by atoms with E-state index in [2.05, 4.69) is 19.2 Å². The van der Waals surface area contributed by atoms with Gasteiger partial charge in [-0.1, -0.05) is 44.2 Å². The molecule has 1 atom stereocenters. The number of nitrogens with zero attached hydrogens (tertiary/aromatic N) is 1. The molecule has 4 rings (SSSR count). The fourth-order valence-electron chi connectivity index (χ4n) is 3.68. The summed E-state index contributed by atoms with van der Waals surface area (Å²) in [6, 6.07) is 11.8. The minimum Gasteiger partial charge on any atom is -0.486 e. The molecule has 2 heterocycles. The molecule has 0 radical (unpaired) electrons. The number of amides is 3. The van der Waals surface area contributed by atoms with Crippen molar-refractivity contribution in [2.75, 3.05) is 19.8 Å². The van der Waals surface area contributed by atoms with Crippen molar-refractivity contribution in [2.24, 2.45) is 0 Å². The topological polar surface area (TPSA) is 84.9 Å². The van der Waals surface area contributed by atoms with Gasteiger partial charge in [-0.3, -0.25) is 14.5 Å². The van der Waals surface area contributed by atoms with Crippen LogP contribution in [0.15, 0.2) is 42.5 Å². The summed E-state index contributed by atoms with van der Waals surface area (Å²) in [7, 11) is 0. The maximum Gasteiger partial charge on any atom is 0.325 e. The molecule has 2 aliphatic heterocycles. The Hall–Kier alpha value is -3.35. The van der Waals surface area contributed by atoms with E-state index in [9.17, 15) is 14.4 Å². The van der Waals surface area contributed by atoms with E-state index in [1.54, 1.807) is 37.3 Å². The van der Waals surface area contributed by atoms with Crippen LogP contribution in [0.5, 0.6) is 11.5 Å². The standard InChI is InChI=1S/C23H24N2O5/c1-14(2)15-4-6-16(7-5-15)18(26)13-25-21(27)23(3,24-22(25)28)17-8-9-19-20(12-17)30-11-10-29-19/h4-9,12,14H,10-11,13H2,1-3H3,(H,24,28)/t23-/m1/s1. The zero-order valence-corrected chi connectivity index (χ0v) is 17.2. The second-order valence-electron chi connectivity index (χ2n) is 8.00. The Morgan fingerprint density at radius 2 is 1.73 bits per heavy atom. The maximum absolute atomic E-state index is 13.1. The van der Waals surface area contributed by atoms with Crippen LogP contribution in [0.25, 0.3) is 0 Å². The number of hydrogen-bond acceptors (Lipinski definition) is 5. The van der Waals surface area contributed by atoms with Crippen molar-refractivity contribution < 1.29 is 23.9 Å². The number of hydrogen-bond donors (Lipinski definition) is 1. The molecule has 156 valence electrons. The van der Waals surface area contributed by atoms with Crippen LogP contribution in [0, 0.1) is 0 Å². The number of urea groups is 1. The minimum absolute atomic E-state index is 0.291. The van der Waals surface area contributed by atoms with E-state index < -0.39 is 17.5 Å². The number of rotatable bonds is 5. The van der Waals surface area contributed by atoms with E-state index >= 15 is 0 Å². The number of imide groups is 1. The van der Waals surface area contributed by atoms with E-state index in [1.165, 1.54) is 0 Å². The highest BCUT2D eigenvalue weighted by atomic mass is 16.6. The predicted octanol–water partition coefficient (Wildman–Crippen LogP) is 3.23. The summed E-state index contributed by atoms with van der Waals surface area (Å²) in [5.74, 6) is 0.715. The summed E-state index contributed by atoms with van der Waals surface area (Å²) in [5, 5.41) is 2.72. The average molecular weight is 408 g/mol. The third-order valence-corrected chi connectivity index (χ3v) is 5.60. The lowest BCUT2D eigenvalue weighted by Crippen LogP contribution is -2.41. The first-order valence-electron chi connectivity index (χ1n) is 9.97. The molecule has 3 amide bonds. The molecule has 1 saturated heterocycles. The van der Waals surface area contributed by atoms with Crippen LogP contribution in [-0.4, -0.2) is 42.4 Å². The summed E-state index contributed by atoms with van der Waals surface area (Å²) in [4.78, 5) is 39.4. The van der Waals surface area contributed by atoms with E-state index in [0.717, 1.165) is 10.5 Å². The lowest BCUT2D eigenvalue weighted by atomic mass is 9.91. The highest BCUT2D eigenvalue weighted by Crippen LogP contribution is 2.36. The Balaban J connectivity index is 1.54. The number of nitrogens with one attached hydrogen (secondary N) is 1. The molecular weight excluding hydrogens is 384 g/mol. The fraction of sp³-hybridized carbons (Fsp3) is 0.348. The van der Waals surface area contributed by atoms with Crippen molar-refractivity contribution in [3.8, 4) is 11.5 Å². The number of ether oxygens (including phenoxy) is 2. The van der Waals surface area contributed by atoms with Gasteiger partial charge in [0.05, 0.1) is 6.54 Å². The van der Waals surface area contributed by atoms with Gasteiger partial charge < -0.3 is 14.8 Å². The van der Waals surface area contributed by atoms with Crippen LogP contribution in [0.2, 0.25) is 0 Å². The van der Waals surface area contributed by atoms with Crippen molar-refractivity contribution >= 4 is 17.7 Å². The van der Waals surface area contributed by atoms with E-state index in [0.29, 0.717) is 41.8 Å². The molecule has 7 heteroatoms. The molecule has 2 aliphatic rings. The van der Waals surface area contributed by atoms with Gasteiger partial charge in [0, 0.05) is 5.56 Å². The fourth-order valence-corrected chi connectivity index (χ4v) is 3.68. The second kappa shape index (κ2) is 7.48. The molecule has 7 nitrogen and oxygen atoms in total. The molecule has 2 aromatic rings. The highest BCUT2D eigenvalue weighted by molar-refractivity contribution is 6.11. The second-order valence-corrected chi connectivity index (χ2v) is 8.00. The third-order valence-electron chi connectivity index (χ3n) is 5.60. The normalized spacial score (nSPS) is 20.5. The average Bonchev–Trinajstić information content (AvgIpc) is 2.97. The summed E-state index contributed by atoms with van der Waals surface area (Å²) in [6.45, 7) is 6.34. The largest absolute Gasteiger partial charge is 0.486 e. The Kier molecular flexibility index (Phi) is 4.97. The van der Waals surface area contributed by atoms with Gasteiger partial charge in [-0.2, -0.15) is 0 Å². The zero-order chi connectivity index (χ0) is 21.5. The Bertz CT molecular complexity index is 1010. The van der Waals surface area contributed by atoms with E-state index in [4.69, 9.17) is 9.47 Å². The van der Waals surface area contributed by atoms with Gasteiger partial charge in [-0.05, 0) is 36.1 Å². The number of carbonyl (C=O) groups excluding carboxylic acids is 3. The molecule has 0 unspecified atom stereocenters. The Morgan fingerprint density at radius 3 is 2.40 bits per heavy atom. The number of ketones is 1. The van der Waals surface area contributed by atoms with Crippen LogP contribution in [0.1, 0.15) is 48.2 Å². The van der Waals surface area contributed by atoms with Gasteiger partial charge >= 0.3 is 6.03 Å². The number of benzene rings is 2. The van der Waals surface area contributed by atoms with E-state index in [1.807, 2.05) is 12.1 Å². The number of Topliss-reactive ketones (excluding diaryl/α,β-unsaturated/α-hetero) is 1. The monoisotopic (exact) mass is 408 g/mol. The lowest BCUT2D eigenvalue weighted by molar-refractivity contribution is -0.130. The summed E-state index contributed by atoms with van der Waals surface area (Å²) in [6.07, 6.45) is 0. The van der Waals surface area contributed by atoms with Crippen LogP contribution >= 0.6 is 0 Å². The Labute approximate surface area is 175 Å². The SMILES string of the molecule is CC(C)c1ccc(C(=O)CN2C(=O)N[C@](C)(c3ccc4c(c3)OCCO4)C2=O)cc1. The summed E-state index contributed by atoms with van der Waals surface area (Å²) < 4.78 is 11.1. The lowest BCUT2D eigenvalue weighted by Gasteiger charge is -2.25. The van der Waals surface area contributed by atoms with Crippen molar-refractivity contribution in [1.29, 1.82) is 0 Å². The first-order chi connectivity index (χ1) is 14.3. The van der Waals surface area contributed by atoms with Gasteiger partial charge in [0.1, 0.15) is 18.8 Å². The molecule has 0 saturated carbocycles. The molecular formula is C23H24N2O5. The number of carbonyl (C=O) groups is 3. The predicted molar refractivity (Wildman–Crippen MR) is 110 cm³/mol. The van der Waals surface area contributed by atoms with Crippen molar-refractivity contribution in [1.82, 2.24) is 10.2 Å². The van der Waals surface area contributed by atoms with Gasteiger partial charge in [0.15, 0.2) is 17.3 Å². The maximum atomic E-state index is 13.1. The quantitative estimate of drug-likeness (QED) is 0.607. The molecule has 0 bridgehead atoms. The van der Waals surface area contributed by atoms with Crippen molar-refractivity contribution in [3.05, 3.63) is 59.2 Å². The van der Waals surface area contributed by atoms with Crippen LogP contribution in [0.4, 0.5) is 4.79 Å². The third kappa shape index (κ3) is 3.40. The molecule has 30 heavy (non-hydrogen) atoms. The molecule has 1 fully saturated rings. The smallest absolute Gasteiger partial charge is 0.325 e. The van der Waals surface area contributed by atoms with Crippen LogP contribution in [0.3, 0.4) is 0 Å². The van der Waals surface area contributed by atoms with Gasteiger partial charge in [-0.25, -0.2) is 4.79 Å². The van der Waals surface area contributed by atoms with Crippen LogP contribution in [-0.2, 0) is 10.3 Å². The first kappa shape index (κ1) is 19.9. The van der Waals surface area contributed by atoms with Crippen molar-refractivity contribution in [2.45, 2.75) is 32.2 Å². The van der Waals surface area contributed by atoms with E-state index in [-0.39, 0.29) is 12.3 Å². The molecule has 0 spiro atoms. The Morgan fingerprint density at radius 1 is 1.07 bits per heavy atom. The summed E-state index contributed by atoms with van der Waals surface area (Å²) in [5.41, 5.74) is 0.872. The van der Waals surface area contributed by atoms with Gasteiger partial charge in [-0.15, -0.1) is 0 Å². The highest BCUT2D eigenvalue weighted by Gasteiger charge is 2.49. The van der Waals surface area contributed by atoms with Gasteiger partial charge in [0.25, 0.3) is 5.91 Å². The van der Waals surface area contributed by atoms with Gasteiger partial charge in [0.2, 0.25) is 0 Å². The minimum atomic E-state index is -1.28. The molecule has 0 aliphatic carbocycles. The summed E-state index contributed by atoms with van der Waals surface area (Å²) >= 11 is 0. The number of fused-ring (bicyclic) bond motifs is 1. The zero-order valence-electron chi connectivity index (χ0n) is 17.2. The van der Waals surface area contributed by atoms with Crippen LogP contribution < -0.4 is 14.8 Å². The molecule has 2 aromatic carbocycles. The van der Waals surface area contributed by atoms with Crippen molar-refractivity contribution in [3.63, 3.8) is 0 Å².